The second-order valence-electron chi connectivity index (χ2n) is 9.53. The molecule has 0 saturated carbocycles. The van der Waals surface area contributed by atoms with Crippen molar-refractivity contribution in [3.63, 3.8) is 0 Å². The quantitative estimate of drug-likeness (QED) is 0.187. The van der Waals surface area contributed by atoms with Gasteiger partial charge in [0.2, 0.25) is 0 Å². The Bertz CT molecular complexity index is 1690. The molecule has 0 unspecified atom stereocenters. The molecular formula is C31H28BrN5O. The first-order valence-electron chi connectivity index (χ1n) is 12.8. The molecule has 0 N–H and O–H groups in total. The first kappa shape index (κ1) is 24.4. The highest BCUT2D eigenvalue weighted by Gasteiger charge is 2.14. The highest BCUT2D eigenvalue weighted by Crippen LogP contribution is 2.33. The molecule has 190 valence electrons. The van der Waals surface area contributed by atoms with Crippen molar-refractivity contribution in [1.82, 2.24) is 24.5 Å². The lowest BCUT2D eigenvalue weighted by Gasteiger charge is -2.10. The first-order valence-corrected chi connectivity index (χ1v) is 13.6. The third-order valence-electron chi connectivity index (χ3n) is 6.85. The molecule has 0 bridgehead atoms. The maximum Gasteiger partial charge on any atom is 0.134 e. The summed E-state index contributed by atoms with van der Waals surface area (Å²) in [6.45, 7) is 4.03. The largest absolute Gasteiger partial charge is 0.487 e. The number of aromatic nitrogens is 5. The minimum absolute atomic E-state index is 0.362. The highest BCUT2D eigenvalue weighted by molar-refractivity contribution is 9.10. The molecule has 0 amide bonds. The number of rotatable bonds is 9. The van der Waals surface area contributed by atoms with E-state index in [0.717, 1.165) is 41.0 Å². The highest BCUT2D eigenvalue weighted by atomic mass is 79.9. The minimum Gasteiger partial charge on any atom is -0.487 e. The van der Waals surface area contributed by atoms with E-state index in [0.29, 0.717) is 13.2 Å². The predicted octanol–water partition coefficient (Wildman–Crippen LogP) is 7.11. The summed E-state index contributed by atoms with van der Waals surface area (Å²) < 4.78 is 11.5. The van der Waals surface area contributed by atoms with Crippen molar-refractivity contribution in [3.05, 3.63) is 118 Å². The van der Waals surface area contributed by atoms with Crippen LogP contribution in [0.5, 0.6) is 5.75 Å². The predicted molar refractivity (Wildman–Crippen MR) is 154 cm³/mol. The van der Waals surface area contributed by atoms with Crippen molar-refractivity contribution in [1.29, 1.82) is 0 Å². The van der Waals surface area contributed by atoms with Crippen molar-refractivity contribution in [2.24, 2.45) is 0 Å². The third kappa shape index (κ3) is 5.20. The zero-order valence-corrected chi connectivity index (χ0v) is 22.8. The van der Waals surface area contributed by atoms with E-state index < -0.39 is 0 Å². The maximum atomic E-state index is 6.18. The molecule has 6 aromatic rings. The molecule has 7 heteroatoms. The number of nitrogens with zero attached hydrogens (tertiary/aromatic N) is 5. The fourth-order valence-corrected chi connectivity index (χ4v) is 5.29. The second kappa shape index (κ2) is 10.8. The lowest BCUT2D eigenvalue weighted by Crippen LogP contribution is -2.02. The van der Waals surface area contributed by atoms with Gasteiger partial charge in [0.25, 0.3) is 0 Å². The average molecular weight is 567 g/mol. The van der Waals surface area contributed by atoms with Gasteiger partial charge in [-0.15, -0.1) is 5.10 Å². The van der Waals surface area contributed by atoms with Gasteiger partial charge >= 0.3 is 0 Å². The van der Waals surface area contributed by atoms with Crippen molar-refractivity contribution in [3.8, 4) is 5.75 Å². The van der Waals surface area contributed by atoms with Gasteiger partial charge in [-0.25, -0.2) is 4.68 Å². The van der Waals surface area contributed by atoms with Crippen molar-refractivity contribution in [2.45, 2.75) is 39.5 Å². The van der Waals surface area contributed by atoms with Crippen LogP contribution in [0.4, 0.5) is 0 Å². The number of hydrogen-bond acceptors (Lipinski definition) is 4. The van der Waals surface area contributed by atoms with Gasteiger partial charge in [0.15, 0.2) is 0 Å². The molecule has 3 aromatic carbocycles. The molecule has 38 heavy (non-hydrogen) atoms. The van der Waals surface area contributed by atoms with Crippen LogP contribution in [0.2, 0.25) is 0 Å². The van der Waals surface area contributed by atoms with Crippen molar-refractivity contribution in [2.75, 3.05) is 0 Å². The summed E-state index contributed by atoms with van der Waals surface area (Å²) in [6.07, 6.45) is 5.92. The Balaban J connectivity index is 1.21. The van der Waals surface area contributed by atoms with E-state index in [4.69, 9.17) is 4.74 Å². The smallest absolute Gasteiger partial charge is 0.134 e. The molecule has 0 fully saturated rings. The summed E-state index contributed by atoms with van der Waals surface area (Å²) >= 11 is 3.48. The number of aryl methyl sites for hydroxylation is 3. The minimum atomic E-state index is 0.362. The van der Waals surface area contributed by atoms with E-state index in [1.165, 1.54) is 32.9 Å². The molecular weight excluding hydrogens is 538 g/mol. The van der Waals surface area contributed by atoms with Gasteiger partial charge < -0.3 is 9.30 Å². The molecule has 6 rings (SSSR count). The summed E-state index contributed by atoms with van der Waals surface area (Å²) in [5.74, 6) is 0.817. The Labute approximate surface area is 230 Å². The van der Waals surface area contributed by atoms with Crippen LogP contribution in [0.15, 0.2) is 95.7 Å². The van der Waals surface area contributed by atoms with E-state index in [-0.39, 0.29) is 0 Å². The molecule has 0 aliphatic rings. The Morgan fingerprint density at radius 3 is 2.58 bits per heavy atom. The van der Waals surface area contributed by atoms with Gasteiger partial charge in [0.1, 0.15) is 18.1 Å². The lowest BCUT2D eigenvalue weighted by molar-refractivity contribution is 0.301. The average Bonchev–Trinajstić information content (AvgIpc) is 3.52. The van der Waals surface area contributed by atoms with Gasteiger partial charge in [0.05, 0.1) is 29.5 Å². The molecule has 6 nitrogen and oxygen atoms in total. The normalized spacial score (nSPS) is 11.4. The number of fused-ring (bicyclic) bond motifs is 3. The molecule has 3 heterocycles. The van der Waals surface area contributed by atoms with E-state index in [1.54, 1.807) is 0 Å². The molecule has 0 spiro atoms. The Kier molecular flexibility index (Phi) is 6.92. The topological polar surface area (TPSA) is 57.8 Å². The summed E-state index contributed by atoms with van der Waals surface area (Å²) in [5, 5.41) is 11.0. The second-order valence-corrected chi connectivity index (χ2v) is 10.5. The summed E-state index contributed by atoms with van der Waals surface area (Å²) in [7, 11) is 0. The molecule has 0 radical (unpaired) electrons. The van der Waals surface area contributed by atoms with Gasteiger partial charge in [-0.05, 0) is 61.2 Å². The third-order valence-corrected chi connectivity index (χ3v) is 7.38. The number of pyridine rings is 1. The summed E-state index contributed by atoms with van der Waals surface area (Å²) in [5.41, 5.74) is 6.74. The van der Waals surface area contributed by atoms with Crippen LogP contribution in [0, 0.1) is 6.92 Å². The van der Waals surface area contributed by atoms with Crippen LogP contribution in [-0.4, -0.2) is 24.5 Å². The Hall–Kier alpha value is -3.97. The zero-order valence-electron chi connectivity index (χ0n) is 21.2. The number of ether oxygens (including phenoxy) is 1. The van der Waals surface area contributed by atoms with Crippen LogP contribution in [0.1, 0.15) is 28.9 Å². The zero-order chi connectivity index (χ0) is 25.9. The van der Waals surface area contributed by atoms with Crippen LogP contribution >= 0.6 is 15.9 Å². The molecule has 0 aliphatic carbocycles. The van der Waals surface area contributed by atoms with E-state index in [1.807, 2.05) is 35.3 Å². The summed E-state index contributed by atoms with van der Waals surface area (Å²) in [6, 6.07) is 27.3. The maximum absolute atomic E-state index is 6.18. The lowest BCUT2D eigenvalue weighted by atomic mass is 10.1. The van der Waals surface area contributed by atoms with E-state index in [9.17, 15) is 0 Å². The number of halogens is 1. The van der Waals surface area contributed by atoms with Crippen LogP contribution in [0.3, 0.4) is 0 Å². The van der Waals surface area contributed by atoms with Crippen LogP contribution < -0.4 is 4.74 Å². The Morgan fingerprint density at radius 2 is 1.74 bits per heavy atom. The SMILES string of the molecule is Cc1nccc2c3ccc(OCc4cn(Cc5ccc(Br)cc5)nn4)cc3n(CCCc3ccccc3)c12. The van der Waals surface area contributed by atoms with E-state index >= 15 is 0 Å². The fourth-order valence-electron chi connectivity index (χ4n) is 5.02. The standard InChI is InChI=1S/C31H28BrN5O/c1-22-31-29(15-16-33-22)28-14-13-27(18-30(28)37(31)17-5-8-23-6-3-2-4-7-23)38-21-26-20-36(35-34-26)19-24-9-11-25(32)12-10-24/h2-4,6-7,9-16,18,20H,5,8,17,19,21H2,1H3. The summed E-state index contributed by atoms with van der Waals surface area (Å²) in [4.78, 5) is 4.59. The first-order chi connectivity index (χ1) is 18.6. The Morgan fingerprint density at radius 1 is 0.895 bits per heavy atom. The van der Waals surface area contributed by atoms with Gasteiger partial charge in [0, 0.05) is 34.1 Å². The van der Waals surface area contributed by atoms with Crippen LogP contribution in [0.25, 0.3) is 21.8 Å². The monoisotopic (exact) mass is 565 g/mol. The number of benzene rings is 3. The molecule has 0 atom stereocenters. The molecule has 0 saturated heterocycles. The van der Waals surface area contributed by atoms with Crippen molar-refractivity contribution < 1.29 is 4.74 Å². The van der Waals surface area contributed by atoms with Gasteiger partial charge in [-0.1, -0.05) is 63.6 Å². The van der Waals surface area contributed by atoms with Crippen LogP contribution in [-0.2, 0) is 26.1 Å². The van der Waals surface area contributed by atoms with Gasteiger partial charge in [-0.2, -0.15) is 0 Å². The van der Waals surface area contributed by atoms with Crippen molar-refractivity contribution >= 4 is 37.7 Å². The number of hydrogen-bond donors (Lipinski definition) is 0. The van der Waals surface area contributed by atoms with Gasteiger partial charge in [-0.3, -0.25) is 4.98 Å². The molecule has 3 aromatic heterocycles. The van der Waals surface area contributed by atoms with E-state index in [2.05, 4.69) is 103 Å². The fraction of sp³-hybridized carbons (Fsp3) is 0.194. The molecule has 0 aliphatic heterocycles.